The molecule has 1 heterocycles. The van der Waals surface area contributed by atoms with Crippen molar-refractivity contribution in [2.24, 2.45) is 10.8 Å². The van der Waals surface area contributed by atoms with E-state index in [2.05, 4.69) is 10.4 Å². The molecule has 0 bridgehead atoms. The summed E-state index contributed by atoms with van der Waals surface area (Å²) in [7, 11) is 0. The fourth-order valence-corrected chi connectivity index (χ4v) is 2.91. The molecule has 0 spiro atoms. The van der Waals surface area contributed by atoms with Crippen LogP contribution in [-0.4, -0.2) is 28.1 Å². The van der Waals surface area contributed by atoms with Gasteiger partial charge in [-0.15, -0.1) is 12.4 Å². The number of carbonyl (C=O) groups is 1. The Kier molecular flexibility index (Phi) is 4.71. The number of rotatable bonds is 2. The lowest BCUT2D eigenvalue weighted by molar-refractivity contribution is -0.282. The van der Waals surface area contributed by atoms with E-state index in [1.54, 1.807) is 41.4 Å². The minimum Gasteiger partial charge on any atom is -0.507 e. The summed E-state index contributed by atoms with van der Waals surface area (Å²) in [5.74, 6) is 5.01. The summed E-state index contributed by atoms with van der Waals surface area (Å²) in [4.78, 5) is 16.1. The number of nitrogen functional groups attached to an aromatic ring is 1. The lowest BCUT2D eigenvalue weighted by Gasteiger charge is -2.05. The van der Waals surface area contributed by atoms with Gasteiger partial charge in [-0.3, -0.25) is 10.2 Å². The van der Waals surface area contributed by atoms with Crippen LogP contribution in [0.25, 0.3) is 10.8 Å². The van der Waals surface area contributed by atoms with Crippen LogP contribution in [0.3, 0.4) is 0 Å². The predicted molar refractivity (Wildman–Crippen MR) is 104 cm³/mol. The van der Waals surface area contributed by atoms with Gasteiger partial charge in [0.25, 0.3) is 12.2 Å². The number of phenols is 1. The molecule has 3 aromatic carbocycles. The number of hydrogen-bond donors (Lipinski definition) is 3. The highest BCUT2D eigenvalue weighted by molar-refractivity contribution is 6.02. The topological polar surface area (TPSA) is 90.7 Å². The Balaban J connectivity index is 0.00000196. The molecule has 0 aromatic heterocycles. The Hall–Kier alpha value is -3.22. The summed E-state index contributed by atoms with van der Waals surface area (Å²) in [6, 6.07) is 16.5. The Morgan fingerprint density at radius 3 is 2.77 bits per heavy atom. The van der Waals surface area contributed by atoms with E-state index in [9.17, 15) is 9.90 Å². The molecule has 0 radical (unpaired) electrons. The second-order valence-corrected chi connectivity index (χ2v) is 5.68. The molecule has 7 heteroatoms. The third-order valence-corrected chi connectivity index (χ3v) is 4.18. The molecule has 0 fully saturated rings. The molecular weight excluding hydrogens is 352 g/mol. The number of amides is 1. The van der Waals surface area contributed by atoms with E-state index in [1.807, 2.05) is 30.3 Å². The smallest absolute Gasteiger partial charge is 0.292 e. The van der Waals surface area contributed by atoms with Crippen LogP contribution in [0, 0.1) is 0 Å². The summed E-state index contributed by atoms with van der Waals surface area (Å²) in [6.45, 7) is 0. The van der Waals surface area contributed by atoms with Crippen LogP contribution in [0.15, 0.2) is 59.6 Å². The second kappa shape index (κ2) is 6.95. The van der Waals surface area contributed by atoms with Gasteiger partial charge in [-0.1, -0.05) is 30.3 Å². The maximum atomic E-state index is 11.8. The van der Waals surface area contributed by atoms with Crippen LogP contribution in [-0.2, 0) is 0 Å². The second-order valence-electron chi connectivity index (χ2n) is 5.68. The number of hydrogen-bond acceptors (Lipinski definition) is 4. The lowest BCUT2D eigenvalue weighted by atomic mass is 10.0. The number of halogens is 1. The van der Waals surface area contributed by atoms with E-state index in [0.29, 0.717) is 11.1 Å². The third-order valence-electron chi connectivity index (χ3n) is 4.18. The van der Waals surface area contributed by atoms with Crippen molar-refractivity contribution < 1.29 is 14.5 Å². The van der Waals surface area contributed by atoms with Crippen molar-refractivity contribution in [3.05, 3.63) is 65.7 Å². The summed E-state index contributed by atoms with van der Waals surface area (Å²) >= 11 is 0. The summed E-state index contributed by atoms with van der Waals surface area (Å²) in [6.07, 6.45) is 3.45. The SMILES string of the molecule is Cl.NNC(=O)c1ccc2c(c1)[N+](=Cc1c(O)ccc3ccccc13)C=N2. The van der Waals surface area contributed by atoms with E-state index in [0.717, 1.165) is 22.1 Å². The van der Waals surface area contributed by atoms with Gasteiger partial charge < -0.3 is 5.11 Å². The average Bonchev–Trinajstić information content (AvgIpc) is 3.05. The minimum atomic E-state index is -0.373. The molecule has 3 aromatic rings. The van der Waals surface area contributed by atoms with E-state index in [4.69, 9.17) is 5.84 Å². The van der Waals surface area contributed by atoms with Crippen molar-refractivity contribution in [2.45, 2.75) is 0 Å². The van der Waals surface area contributed by atoms with Crippen LogP contribution in [0.4, 0.5) is 11.4 Å². The van der Waals surface area contributed by atoms with Crippen LogP contribution in [0.2, 0.25) is 0 Å². The molecule has 1 aliphatic heterocycles. The van der Waals surface area contributed by atoms with Crippen molar-refractivity contribution in [1.29, 1.82) is 0 Å². The molecule has 4 rings (SSSR count). The first kappa shape index (κ1) is 17.6. The van der Waals surface area contributed by atoms with Crippen molar-refractivity contribution in [2.75, 3.05) is 0 Å². The zero-order valence-corrected chi connectivity index (χ0v) is 14.4. The Morgan fingerprint density at radius 2 is 1.96 bits per heavy atom. The number of nitrogens with two attached hydrogens (primary N) is 1. The van der Waals surface area contributed by atoms with Crippen LogP contribution in [0.5, 0.6) is 5.75 Å². The first-order valence-corrected chi connectivity index (χ1v) is 7.70. The summed E-state index contributed by atoms with van der Waals surface area (Å²) < 4.78 is 1.78. The van der Waals surface area contributed by atoms with E-state index < -0.39 is 0 Å². The van der Waals surface area contributed by atoms with Gasteiger partial charge in [0.1, 0.15) is 12.0 Å². The lowest BCUT2D eigenvalue weighted by Crippen LogP contribution is -2.29. The molecule has 6 nitrogen and oxygen atoms in total. The normalized spacial score (nSPS) is 13.5. The van der Waals surface area contributed by atoms with Crippen molar-refractivity contribution in [1.82, 2.24) is 5.43 Å². The standard InChI is InChI=1S/C19H14N4O2.ClH/c20-22-19(25)13-5-7-16-17(9-13)23(11-21-16)10-15-14-4-2-1-3-12(14)6-8-18(15)24;/h1-11H,20H2,(H,22,25);1H/p+1. The van der Waals surface area contributed by atoms with E-state index in [1.165, 1.54) is 0 Å². The van der Waals surface area contributed by atoms with Crippen molar-refractivity contribution in [3.8, 4) is 5.75 Å². The molecule has 0 saturated heterocycles. The first-order valence-electron chi connectivity index (χ1n) is 7.70. The molecule has 1 amide bonds. The highest BCUT2D eigenvalue weighted by Gasteiger charge is 2.23. The van der Waals surface area contributed by atoms with Gasteiger partial charge in [-0.2, -0.15) is 4.58 Å². The fraction of sp³-hybridized carbons (Fsp3) is 0. The third kappa shape index (κ3) is 2.92. The van der Waals surface area contributed by atoms with Crippen molar-refractivity contribution >= 4 is 53.0 Å². The first-order chi connectivity index (χ1) is 12.2. The maximum absolute atomic E-state index is 11.8. The van der Waals surface area contributed by atoms with Gasteiger partial charge in [-0.25, -0.2) is 5.84 Å². The van der Waals surface area contributed by atoms with E-state index in [-0.39, 0.29) is 24.1 Å². The molecule has 0 aliphatic carbocycles. The summed E-state index contributed by atoms with van der Waals surface area (Å²) in [5, 5.41) is 12.3. The van der Waals surface area contributed by atoms with Gasteiger partial charge in [0.05, 0.1) is 5.56 Å². The van der Waals surface area contributed by atoms with Gasteiger partial charge >= 0.3 is 0 Å². The van der Waals surface area contributed by atoms with Crippen molar-refractivity contribution in [3.63, 3.8) is 0 Å². The van der Waals surface area contributed by atoms with E-state index >= 15 is 0 Å². The van der Waals surface area contributed by atoms with Gasteiger partial charge in [0.2, 0.25) is 5.69 Å². The van der Waals surface area contributed by atoms with Crippen LogP contribution in [0.1, 0.15) is 15.9 Å². The highest BCUT2D eigenvalue weighted by Crippen LogP contribution is 2.33. The van der Waals surface area contributed by atoms with Crippen LogP contribution >= 0.6 is 12.4 Å². The number of aliphatic imine (C=N–C) groups is 1. The Bertz CT molecular complexity index is 1080. The number of fused-ring (bicyclic) bond motifs is 2. The number of benzene rings is 3. The summed E-state index contributed by atoms with van der Waals surface area (Å²) in [5.41, 5.74) is 4.73. The molecule has 1 aliphatic rings. The maximum Gasteiger partial charge on any atom is 0.292 e. The minimum absolute atomic E-state index is 0. The zero-order chi connectivity index (χ0) is 17.4. The molecular formula is C19H16ClN4O2+. The molecule has 0 saturated carbocycles. The molecule has 0 atom stereocenters. The largest absolute Gasteiger partial charge is 0.507 e. The average molecular weight is 368 g/mol. The fourth-order valence-electron chi connectivity index (χ4n) is 2.91. The predicted octanol–water partition coefficient (Wildman–Crippen LogP) is 3.01. The molecule has 0 unspecified atom stereocenters. The number of hydrazine groups is 1. The number of aromatic hydroxyl groups is 1. The van der Waals surface area contributed by atoms with Crippen LogP contribution < -0.4 is 11.3 Å². The number of carbonyl (C=O) groups excluding carboxylic acids is 1. The quantitative estimate of drug-likeness (QED) is 0.281. The van der Waals surface area contributed by atoms with Gasteiger partial charge in [0.15, 0.2) is 5.69 Å². The number of nitrogens with zero attached hydrogens (tertiary/aromatic N) is 2. The molecule has 4 N–H and O–H groups in total. The van der Waals surface area contributed by atoms with Gasteiger partial charge in [0, 0.05) is 11.6 Å². The molecule has 130 valence electrons. The highest BCUT2D eigenvalue weighted by atomic mass is 35.5. The number of phenolic OH excluding ortho intramolecular Hbond substituents is 1. The molecule has 26 heavy (non-hydrogen) atoms. The zero-order valence-electron chi connectivity index (χ0n) is 13.6. The Labute approximate surface area is 155 Å². The Morgan fingerprint density at radius 1 is 1.15 bits per heavy atom. The van der Waals surface area contributed by atoms with Gasteiger partial charge in [-0.05, 0) is 34.0 Å². The number of nitrogens with one attached hydrogen (secondary N) is 1. The monoisotopic (exact) mass is 367 g/mol.